The van der Waals surface area contributed by atoms with Gasteiger partial charge in [-0.1, -0.05) is 18.2 Å². The molecule has 0 aliphatic heterocycles. The molecule has 0 aromatic heterocycles. The maximum absolute atomic E-state index is 12.9. The van der Waals surface area contributed by atoms with Gasteiger partial charge in [0.2, 0.25) is 0 Å². The smallest absolute Gasteiger partial charge is 0.416 e. The highest BCUT2D eigenvalue weighted by atomic mass is 19.4. The highest BCUT2D eigenvalue weighted by Crippen LogP contribution is 2.32. The first-order chi connectivity index (χ1) is 9.79. The van der Waals surface area contributed by atoms with Crippen LogP contribution in [-0.2, 0) is 12.8 Å². The molecule has 0 radical (unpaired) electrons. The molecule has 0 bridgehead atoms. The minimum absolute atomic E-state index is 0.108. The van der Waals surface area contributed by atoms with Crippen molar-refractivity contribution in [1.29, 1.82) is 0 Å². The number of halogens is 3. The summed E-state index contributed by atoms with van der Waals surface area (Å²) >= 11 is 0. The van der Waals surface area contributed by atoms with Crippen molar-refractivity contribution in [3.05, 3.63) is 58.7 Å². The Morgan fingerprint density at radius 1 is 1.05 bits per heavy atom. The van der Waals surface area contributed by atoms with Crippen molar-refractivity contribution in [1.82, 2.24) is 0 Å². The van der Waals surface area contributed by atoms with Gasteiger partial charge in [-0.3, -0.25) is 0 Å². The second kappa shape index (κ2) is 5.68. The van der Waals surface area contributed by atoms with E-state index in [1.807, 2.05) is 13.8 Å². The van der Waals surface area contributed by atoms with Gasteiger partial charge >= 0.3 is 6.18 Å². The Labute approximate surface area is 121 Å². The van der Waals surface area contributed by atoms with Crippen LogP contribution in [0.25, 0.3) is 0 Å². The minimum atomic E-state index is -4.38. The predicted octanol–water partition coefficient (Wildman–Crippen LogP) is 4.48. The number of hydrogen-bond acceptors (Lipinski definition) is 2. The molecule has 2 N–H and O–H groups in total. The summed E-state index contributed by atoms with van der Waals surface area (Å²) in [6, 6.07) is 8.84. The molecule has 2 aromatic rings. The lowest BCUT2D eigenvalue weighted by atomic mass is 10.1. The fraction of sp³-hybridized carbons (Fsp3) is 0.250. The molecule has 0 saturated heterocycles. The number of ether oxygens (including phenoxy) is 1. The maximum atomic E-state index is 12.9. The Hall–Kier alpha value is -2.17. The maximum Gasteiger partial charge on any atom is 0.416 e. The molecule has 112 valence electrons. The first-order valence-corrected chi connectivity index (χ1v) is 6.43. The molecule has 2 rings (SSSR count). The van der Waals surface area contributed by atoms with Gasteiger partial charge in [-0.25, -0.2) is 0 Å². The zero-order valence-corrected chi connectivity index (χ0v) is 11.8. The monoisotopic (exact) mass is 295 g/mol. The fourth-order valence-electron chi connectivity index (χ4n) is 2.10. The lowest BCUT2D eigenvalue weighted by Gasteiger charge is -2.14. The van der Waals surface area contributed by atoms with Crippen molar-refractivity contribution >= 4 is 5.69 Å². The van der Waals surface area contributed by atoms with Crippen LogP contribution in [0, 0.1) is 13.8 Å². The van der Waals surface area contributed by atoms with Crippen molar-refractivity contribution in [3.63, 3.8) is 0 Å². The van der Waals surface area contributed by atoms with Crippen molar-refractivity contribution in [2.24, 2.45) is 0 Å². The molecule has 0 aliphatic rings. The Morgan fingerprint density at radius 2 is 1.62 bits per heavy atom. The molecule has 0 unspecified atom stereocenters. The lowest BCUT2D eigenvalue weighted by Crippen LogP contribution is -2.10. The van der Waals surface area contributed by atoms with Crippen molar-refractivity contribution in [2.75, 3.05) is 5.73 Å². The zero-order chi connectivity index (χ0) is 15.6. The Kier molecular flexibility index (Phi) is 4.11. The van der Waals surface area contributed by atoms with Crippen molar-refractivity contribution in [2.45, 2.75) is 26.6 Å². The molecular weight excluding hydrogens is 279 g/mol. The van der Waals surface area contributed by atoms with E-state index in [0.717, 1.165) is 17.2 Å². The third-order valence-corrected chi connectivity index (χ3v) is 3.28. The standard InChI is InChI=1S/C16H16F3NO/c1-10-7-13(8-11(2)15(10)20)21-9-12-5-3-4-6-14(12)16(17,18)19/h3-8H,9,20H2,1-2H3. The molecule has 0 atom stereocenters. The summed E-state index contributed by atoms with van der Waals surface area (Å²) in [6.45, 7) is 3.52. The summed E-state index contributed by atoms with van der Waals surface area (Å²) in [5, 5.41) is 0. The summed E-state index contributed by atoms with van der Waals surface area (Å²) in [5.74, 6) is 0.510. The Bertz CT molecular complexity index is 627. The molecule has 2 aromatic carbocycles. The van der Waals surface area contributed by atoms with E-state index in [0.29, 0.717) is 11.4 Å². The number of benzene rings is 2. The average molecular weight is 295 g/mol. The lowest BCUT2D eigenvalue weighted by molar-refractivity contribution is -0.138. The third kappa shape index (κ3) is 3.48. The number of aryl methyl sites for hydroxylation is 2. The summed E-state index contributed by atoms with van der Waals surface area (Å²) < 4.78 is 44.1. The molecule has 0 fully saturated rings. The van der Waals surface area contributed by atoms with Crippen LogP contribution >= 0.6 is 0 Å². The topological polar surface area (TPSA) is 35.2 Å². The quantitative estimate of drug-likeness (QED) is 0.847. The van der Waals surface area contributed by atoms with Crippen LogP contribution in [-0.4, -0.2) is 0 Å². The molecule has 0 spiro atoms. The normalized spacial score (nSPS) is 11.5. The predicted molar refractivity (Wildman–Crippen MR) is 76.1 cm³/mol. The van der Waals surface area contributed by atoms with Gasteiger partial charge in [-0.2, -0.15) is 13.2 Å². The van der Waals surface area contributed by atoms with Crippen LogP contribution < -0.4 is 10.5 Å². The first-order valence-electron chi connectivity index (χ1n) is 6.43. The molecular formula is C16H16F3NO. The van der Waals surface area contributed by atoms with E-state index >= 15 is 0 Å². The number of anilines is 1. The highest BCUT2D eigenvalue weighted by molar-refractivity contribution is 5.56. The van der Waals surface area contributed by atoms with Gasteiger partial charge < -0.3 is 10.5 Å². The van der Waals surface area contributed by atoms with Crippen LogP contribution in [0.5, 0.6) is 5.75 Å². The molecule has 2 nitrogen and oxygen atoms in total. The van der Waals surface area contributed by atoms with Gasteiger partial charge in [0.1, 0.15) is 12.4 Å². The molecule has 0 saturated carbocycles. The van der Waals surface area contributed by atoms with E-state index in [2.05, 4.69) is 0 Å². The summed E-state index contributed by atoms with van der Waals surface area (Å²) in [5.41, 5.74) is 7.62. The Morgan fingerprint density at radius 3 is 2.19 bits per heavy atom. The molecule has 0 aliphatic carbocycles. The summed E-state index contributed by atoms with van der Waals surface area (Å²) in [7, 11) is 0. The van der Waals surface area contributed by atoms with Crippen LogP contribution in [0.1, 0.15) is 22.3 Å². The van der Waals surface area contributed by atoms with Gasteiger partial charge in [-0.05, 0) is 43.2 Å². The van der Waals surface area contributed by atoms with E-state index in [4.69, 9.17) is 10.5 Å². The van der Waals surface area contributed by atoms with Gasteiger partial charge in [0, 0.05) is 11.3 Å². The average Bonchev–Trinajstić information content (AvgIpc) is 2.41. The number of alkyl halides is 3. The second-order valence-corrected chi connectivity index (χ2v) is 4.91. The SMILES string of the molecule is Cc1cc(OCc2ccccc2C(F)(F)F)cc(C)c1N. The summed E-state index contributed by atoms with van der Waals surface area (Å²) in [6.07, 6.45) is -4.38. The highest BCUT2D eigenvalue weighted by Gasteiger charge is 2.32. The number of nitrogens with two attached hydrogens (primary N) is 1. The van der Waals surface area contributed by atoms with Crippen LogP contribution in [0.4, 0.5) is 18.9 Å². The molecule has 5 heteroatoms. The van der Waals surface area contributed by atoms with Crippen LogP contribution in [0.15, 0.2) is 36.4 Å². The second-order valence-electron chi connectivity index (χ2n) is 4.91. The molecule has 0 heterocycles. The van der Waals surface area contributed by atoms with E-state index in [1.165, 1.54) is 12.1 Å². The first kappa shape index (κ1) is 15.2. The third-order valence-electron chi connectivity index (χ3n) is 3.28. The van der Waals surface area contributed by atoms with Gasteiger partial charge in [0.25, 0.3) is 0 Å². The van der Waals surface area contributed by atoms with Crippen LogP contribution in [0.3, 0.4) is 0 Å². The van der Waals surface area contributed by atoms with E-state index in [9.17, 15) is 13.2 Å². The minimum Gasteiger partial charge on any atom is -0.489 e. The van der Waals surface area contributed by atoms with Crippen molar-refractivity contribution < 1.29 is 17.9 Å². The molecule has 21 heavy (non-hydrogen) atoms. The number of rotatable bonds is 3. The number of nitrogen functional groups attached to an aromatic ring is 1. The van der Waals surface area contributed by atoms with Gasteiger partial charge in [0.15, 0.2) is 0 Å². The summed E-state index contributed by atoms with van der Waals surface area (Å²) in [4.78, 5) is 0. The van der Waals surface area contributed by atoms with E-state index in [1.54, 1.807) is 18.2 Å². The van der Waals surface area contributed by atoms with Crippen molar-refractivity contribution in [3.8, 4) is 5.75 Å². The van der Waals surface area contributed by atoms with Gasteiger partial charge in [0.05, 0.1) is 5.56 Å². The van der Waals surface area contributed by atoms with Crippen LogP contribution in [0.2, 0.25) is 0 Å². The largest absolute Gasteiger partial charge is 0.489 e. The number of hydrogen-bond donors (Lipinski definition) is 1. The fourth-order valence-corrected chi connectivity index (χ4v) is 2.10. The molecule has 0 amide bonds. The van der Waals surface area contributed by atoms with E-state index in [-0.39, 0.29) is 12.2 Å². The zero-order valence-electron chi connectivity index (χ0n) is 11.8. The van der Waals surface area contributed by atoms with E-state index < -0.39 is 11.7 Å². The Balaban J connectivity index is 2.21. The van der Waals surface area contributed by atoms with Gasteiger partial charge in [-0.15, -0.1) is 0 Å².